The zero-order valence-corrected chi connectivity index (χ0v) is 16.8. The average molecular weight is 458 g/mol. The number of carbonyl (C=O) groups excluding carboxylic acids is 1. The standard InChI is InChI=1S/C19H12Cl2F3N3OS/c20-12-7-5-11(6-8-12)15-9-16(19(22,23)24)27-18(26-15)29-10-17(28)25-14-4-2-1-3-13(14)21/h1-9H,10H2,(H,25,28). The van der Waals surface area contributed by atoms with Gasteiger partial charge in [0.1, 0.15) is 5.69 Å². The summed E-state index contributed by atoms with van der Waals surface area (Å²) in [6.07, 6.45) is -4.65. The second-order valence-corrected chi connectivity index (χ2v) is 7.53. The van der Waals surface area contributed by atoms with E-state index in [-0.39, 0.29) is 16.6 Å². The van der Waals surface area contributed by atoms with Gasteiger partial charge in [0.25, 0.3) is 0 Å². The van der Waals surface area contributed by atoms with Crippen LogP contribution in [0, 0.1) is 0 Å². The number of benzene rings is 2. The van der Waals surface area contributed by atoms with Crippen LogP contribution in [0.5, 0.6) is 0 Å². The molecule has 0 aliphatic rings. The van der Waals surface area contributed by atoms with E-state index in [2.05, 4.69) is 15.3 Å². The zero-order chi connectivity index (χ0) is 21.0. The van der Waals surface area contributed by atoms with Gasteiger partial charge in [0, 0.05) is 10.6 Å². The highest BCUT2D eigenvalue weighted by Crippen LogP contribution is 2.32. The van der Waals surface area contributed by atoms with Gasteiger partial charge >= 0.3 is 6.18 Å². The van der Waals surface area contributed by atoms with Crippen LogP contribution in [0.3, 0.4) is 0 Å². The number of hydrogen-bond acceptors (Lipinski definition) is 4. The Balaban J connectivity index is 1.80. The first-order chi connectivity index (χ1) is 13.7. The van der Waals surface area contributed by atoms with Crippen molar-refractivity contribution < 1.29 is 18.0 Å². The maximum absolute atomic E-state index is 13.2. The third-order valence-electron chi connectivity index (χ3n) is 3.62. The van der Waals surface area contributed by atoms with Gasteiger partial charge in [0.2, 0.25) is 5.91 Å². The molecule has 4 nitrogen and oxygen atoms in total. The van der Waals surface area contributed by atoms with Gasteiger partial charge in [-0.15, -0.1) is 0 Å². The first-order valence-electron chi connectivity index (χ1n) is 8.12. The molecule has 0 fully saturated rings. The van der Waals surface area contributed by atoms with Gasteiger partial charge in [-0.3, -0.25) is 4.79 Å². The molecular formula is C19H12Cl2F3N3OS. The number of carbonyl (C=O) groups is 1. The summed E-state index contributed by atoms with van der Waals surface area (Å²) in [5.41, 5.74) is -0.152. The first kappa shape index (κ1) is 21.4. The van der Waals surface area contributed by atoms with Gasteiger partial charge in [0.05, 0.1) is 22.2 Å². The Morgan fingerprint density at radius 1 is 1.03 bits per heavy atom. The van der Waals surface area contributed by atoms with Crippen molar-refractivity contribution in [2.45, 2.75) is 11.3 Å². The Kier molecular flexibility index (Phi) is 6.66. The molecule has 0 saturated carbocycles. The van der Waals surface area contributed by atoms with Crippen molar-refractivity contribution in [1.82, 2.24) is 9.97 Å². The molecule has 0 unspecified atom stereocenters. The predicted octanol–water partition coefficient (Wildman–Crippen LogP) is 6.20. The summed E-state index contributed by atoms with van der Waals surface area (Å²) in [5, 5.41) is 3.23. The molecule has 3 aromatic rings. The Morgan fingerprint density at radius 3 is 2.38 bits per heavy atom. The Labute approximate surface area is 178 Å². The highest BCUT2D eigenvalue weighted by atomic mass is 35.5. The molecular weight excluding hydrogens is 446 g/mol. The van der Waals surface area contributed by atoms with Crippen LogP contribution in [-0.4, -0.2) is 21.6 Å². The van der Waals surface area contributed by atoms with Crippen molar-refractivity contribution in [3.8, 4) is 11.3 Å². The lowest BCUT2D eigenvalue weighted by Crippen LogP contribution is -2.15. The Bertz CT molecular complexity index is 1030. The Morgan fingerprint density at radius 2 is 1.72 bits per heavy atom. The van der Waals surface area contributed by atoms with Gasteiger partial charge in [-0.25, -0.2) is 9.97 Å². The molecule has 29 heavy (non-hydrogen) atoms. The SMILES string of the molecule is O=C(CSc1nc(-c2ccc(Cl)cc2)cc(C(F)(F)F)n1)Nc1ccccc1Cl. The van der Waals surface area contributed by atoms with E-state index in [9.17, 15) is 18.0 Å². The minimum Gasteiger partial charge on any atom is -0.324 e. The molecule has 3 rings (SSSR count). The van der Waals surface area contributed by atoms with Crippen LogP contribution in [-0.2, 0) is 11.0 Å². The van der Waals surface area contributed by atoms with Crippen molar-refractivity contribution in [1.29, 1.82) is 0 Å². The number of alkyl halides is 3. The van der Waals surface area contributed by atoms with Crippen molar-refractivity contribution >= 4 is 46.6 Å². The first-order valence-corrected chi connectivity index (χ1v) is 9.86. The van der Waals surface area contributed by atoms with Gasteiger partial charge in [-0.2, -0.15) is 13.2 Å². The van der Waals surface area contributed by atoms with Crippen molar-refractivity contribution in [3.63, 3.8) is 0 Å². The molecule has 10 heteroatoms. The number of nitrogens with one attached hydrogen (secondary N) is 1. The lowest BCUT2D eigenvalue weighted by atomic mass is 10.1. The second kappa shape index (κ2) is 9.02. The summed E-state index contributed by atoms with van der Waals surface area (Å²) in [7, 11) is 0. The number of anilines is 1. The quantitative estimate of drug-likeness (QED) is 0.366. The topological polar surface area (TPSA) is 54.9 Å². The molecule has 150 valence electrons. The molecule has 1 N–H and O–H groups in total. The monoisotopic (exact) mass is 457 g/mol. The lowest BCUT2D eigenvalue weighted by Gasteiger charge is -2.11. The molecule has 1 aromatic heterocycles. The van der Waals surface area contributed by atoms with Crippen LogP contribution in [0.4, 0.5) is 18.9 Å². The van der Waals surface area contributed by atoms with E-state index in [0.717, 1.165) is 17.8 Å². The molecule has 0 saturated heterocycles. The number of aromatic nitrogens is 2. The van der Waals surface area contributed by atoms with E-state index in [0.29, 0.717) is 21.3 Å². The third-order valence-corrected chi connectivity index (χ3v) is 5.05. The fraction of sp³-hybridized carbons (Fsp3) is 0.105. The molecule has 0 bridgehead atoms. The minimum absolute atomic E-state index is 0.0815. The fourth-order valence-corrected chi connectivity index (χ4v) is 3.25. The molecule has 0 radical (unpaired) electrons. The number of halogens is 5. The number of para-hydroxylation sites is 1. The van der Waals surface area contributed by atoms with Crippen LogP contribution in [0.25, 0.3) is 11.3 Å². The maximum atomic E-state index is 13.2. The lowest BCUT2D eigenvalue weighted by molar-refractivity contribution is -0.141. The molecule has 1 amide bonds. The summed E-state index contributed by atoms with van der Waals surface area (Å²) in [6.45, 7) is 0. The Hall–Kier alpha value is -2.29. The van der Waals surface area contributed by atoms with Crippen molar-refractivity contribution in [3.05, 3.63) is 70.3 Å². The molecule has 0 spiro atoms. The van der Waals surface area contributed by atoms with Gasteiger partial charge in [-0.05, 0) is 30.3 Å². The third kappa shape index (κ3) is 5.85. The van der Waals surface area contributed by atoms with Crippen LogP contribution in [0.1, 0.15) is 5.69 Å². The predicted molar refractivity (Wildman–Crippen MR) is 108 cm³/mol. The molecule has 0 atom stereocenters. The number of thioether (sulfide) groups is 1. The van der Waals surface area contributed by atoms with E-state index in [1.807, 2.05) is 0 Å². The highest BCUT2D eigenvalue weighted by Gasteiger charge is 2.34. The maximum Gasteiger partial charge on any atom is 0.433 e. The van der Waals surface area contributed by atoms with E-state index in [1.165, 1.54) is 0 Å². The average Bonchev–Trinajstić information content (AvgIpc) is 2.68. The molecule has 1 heterocycles. The van der Waals surface area contributed by atoms with Crippen molar-refractivity contribution in [2.24, 2.45) is 0 Å². The van der Waals surface area contributed by atoms with Crippen LogP contribution in [0.15, 0.2) is 59.8 Å². The zero-order valence-electron chi connectivity index (χ0n) is 14.5. The largest absolute Gasteiger partial charge is 0.433 e. The van der Waals surface area contributed by atoms with Crippen molar-refractivity contribution in [2.75, 3.05) is 11.1 Å². The second-order valence-electron chi connectivity index (χ2n) is 5.74. The van der Waals surface area contributed by atoms with E-state index >= 15 is 0 Å². The van der Waals surface area contributed by atoms with E-state index < -0.39 is 17.8 Å². The smallest absolute Gasteiger partial charge is 0.324 e. The van der Waals surface area contributed by atoms with Crippen LogP contribution < -0.4 is 5.32 Å². The summed E-state index contributed by atoms with van der Waals surface area (Å²) >= 11 is 12.6. The van der Waals surface area contributed by atoms with Gasteiger partial charge < -0.3 is 5.32 Å². The van der Waals surface area contributed by atoms with Crippen LogP contribution >= 0.6 is 35.0 Å². The molecule has 0 aliphatic carbocycles. The number of hydrogen-bond donors (Lipinski definition) is 1. The molecule has 0 aliphatic heterocycles. The van der Waals surface area contributed by atoms with Gasteiger partial charge in [-0.1, -0.05) is 59.2 Å². The molecule has 2 aromatic carbocycles. The highest BCUT2D eigenvalue weighted by molar-refractivity contribution is 7.99. The summed E-state index contributed by atoms with van der Waals surface area (Å²) in [5.74, 6) is -0.635. The van der Waals surface area contributed by atoms with Gasteiger partial charge in [0.15, 0.2) is 5.16 Å². The number of amides is 1. The van der Waals surface area contributed by atoms with E-state index in [4.69, 9.17) is 23.2 Å². The minimum atomic E-state index is -4.65. The summed E-state index contributed by atoms with van der Waals surface area (Å²) in [6, 6.07) is 13.7. The van der Waals surface area contributed by atoms with E-state index in [1.54, 1.807) is 48.5 Å². The normalized spacial score (nSPS) is 11.3. The fourth-order valence-electron chi connectivity index (χ4n) is 2.28. The number of nitrogens with zero attached hydrogens (tertiary/aromatic N) is 2. The van der Waals surface area contributed by atoms with Crippen LogP contribution in [0.2, 0.25) is 10.0 Å². The summed E-state index contributed by atoms with van der Waals surface area (Å²) in [4.78, 5) is 19.8. The number of rotatable bonds is 5. The summed E-state index contributed by atoms with van der Waals surface area (Å²) < 4.78 is 39.7.